The predicted octanol–water partition coefficient (Wildman–Crippen LogP) is 2.55. The Kier molecular flexibility index (Phi) is 4.67. The molecule has 112 valence electrons. The van der Waals surface area contributed by atoms with Crippen molar-refractivity contribution in [1.82, 2.24) is 4.90 Å². The first kappa shape index (κ1) is 15.2. The van der Waals surface area contributed by atoms with E-state index in [9.17, 15) is 18.8 Å². The van der Waals surface area contributed by atoms with Crippen LogP contribution in [0, 0.1) is 5.82 Å². The lowest BCUT2D eigenvalue weighted by atomic mass is 10.1. The largest absolute Gasteiger partial charge is 0.444 e. The van der Waals surface area contributed by atoms with Crippen LogP contribution in [0.1, 0.15) is 36.5 Å². The molecule has 1 heterocycles. The Morgan fingerprint density at radius 1 is 1.29 bits per heavy atom. The Balaban J connectivity index is 1.79. The van der Waals surface area contributed by atoms with Crippen molar-refractivity contribution in [3.63, 3.8) is 0 Å². The molecule has 1 aliphatic heterocycles. The van der Waals surface area contributed by atoms with Gasteiger partial charge in [0.05, 0.1) is 6.54 Å². The van der Waals surface area contributed by atoms with Gasteiger partial charge in [-0.15, -0.1) is 0 Å². The van der Waals surface area contributed by atoms with Gasteiger partial charge in [-0.3, -0.25) is 9.59 Å². The van der Waals surface area contributed by atoms with Crippen LogP contribution in [0.15, 0.2) is 24.3 Å². The van der Waals surface area contributed by atoms with E-state index >= 15 is 0 Å². The van der Waals surface area contributed by atoms with Crippen LogP contribution >= 0.6 is 0 Å². The number of carbonyl (C=O) groups is 3. The van der Waals surface area contributed by atoms with Gasteiger partial charge in [-0.25, -0.2) is 14.1 Å². The number of imide groups is 1. The monoisotopic (exact) mass is 293 g/mol. The number of carbonyl (C=O) groups excluding carboxylic acids is 3. The lowest BCUT2D eigenvalue weighted by Gasteiger charge is -2.10. The lowest BCUT2D eigenvalue weighted by molar-refractivity contribution is -0.127. The lowest BCUT2D eigenvalue weighted by Crippen LogP contribution is -2.31. The SMILES string of the molecule is C[C@@H]1CN(C(=O)CCCC(=O)c2ccc(F)cc2)C(=O)O1. The minimum Gasteiger partial charge on any atom is -0.444 e. The number of amides is 2. The molecule has 0 aromatic heterocycles. The number of Topliss-reactive ketones (excluding diaryl/α,β-unsaturated/α-hetero) is 1. The molecule has 1 fully saturated rings. The number of ketones is 1. The summed E-state index contributed by atoms with van der Waals surface area (Å²) in [6.45, 7) is 1.97. The van der Waals surface area contributed by atoms with Gasteiger partial charge in [0.1, 0.15) is 11.9 Å². The Morgan fingerprint density at radius 3 is 2.52 bits per heavy atom. The molecule has 0 N–H and O–H groups in total. The van der Waals surface area contributed by atoms with E-state index in [-0.39, 0.29) is 37.2 Å². The zero-order chi connectivity index (χ0) is 15.4. The van der Waals surface area contributed by atoms with Crippen molar-refractivity contribution in [3.05, 3.63) is 35.6 Å². The van der Waals surface area contributed by atoms with Crippen molar-refractivity contribution < 1.29 is 23.5 Å². The second-order valence-corrected chi connectivity index (χ2v) is 4.98. The van der Waals surface area contributed by atoms with Crippen molar-refractivity contribution in [1.29, 1.82) is 0 Å². The van der Waals surface area contributed by atoms with E-state index in [0.717, 1.165) is 4.90 Å². The van der Waals surface area contributed by atoms with Crippen molar-refractivity contribution in [3.8, 4) is 0 Å². The normalized spacial score (nSPS) is 17.7. The molecule has 0 unspecified atom stereocenters. The van der Waals surface area contributed by atoms with Gasteiger partial charge in [0, 0.05) is 18.4 Å². The average Bonchev–Trinajstić information content (AvgIpc) is 2.78. The van der Waals surface area contributed by atoms with Crippen LogP contribution < -0.4 is 0 Å². The molecule has 6 heteroatoms. The number of hydrogen-bond donors (Lipinski definition) is 0. The third-order valence-electron chi connectivity index (χ3n) is 3.22. The van der Waals surface area contributed by atoms with E-state index in [0.29, 0.717) is 12.0 Å². The standard InChI is InChI=1S/C15H16FNO4/c1-10-9-17(15(20)21-10)14(19)4-2-3-13(18)11-5-7-12(16)8-6-11/h5-8,10H,2-4,9H2,1H3/t10-/m1/s1. The number of rotatable bonds is 5. The summed E-state index contributed by atoms with van der Waals surface area (Å²) in [4.78, 5) is 36.1. The highest BCUT2D eigenvalue weighted by Crippen LogP contribution is 2.14. The first-order valence-corrected chi connectivity index (χ1v) is 6.77. The number of hydrogen-bond acceptors (Lipinski definition) is 4. The van der Waals surface area contributed by atoms with Crippen molar-refractivity contribution in [2.45, 2.75) is 32.3 Å². The van der Waals surface area contributed by atoms with Crippen LogP contribution in [0.2, 0.25) is 0 Å². The van der Waals surface area contributed by atoms with Gasteiger partial charge in [-0.1, -0.05) is 0 Å². The van der Waals surface area contributed by atoms with E-state index in [1.54, 1.807) is 6.92 Å². The van der Waals surface area contributed by atoms with Crippen molar-refractivity contribution in [2.75, 3.05) is 6.54 Å². The van der Waals surface area contributed by atoms with Crippen LogP contribution in [-0.4, -0.2) is 35.3 Å². The zero-order valence-electron chi connectivity index (χ0n) is 11.7. The summed E-state index contributed by atoms with van der Waals surface area (Å²) in [5.74, 6) is -0.889. The second-order valence-electron chi connectivity index (χ2n) is 4.98. The van der Waals surface area contributed by atoms with Crippen LogP contribution in [0.25, 0.3) is 0 Å². The fraction of sp³-hybridized carbons (Fsp3) is 0.400. The quantitative estimate of drug-likeness (QED) is 0.783. The fourth-order valence-electron chi connectivity index (χ4n) is 2.12. The first-order chi connectivity index (χ1) is 9.97. The van der Waals surface area contributed by atoms with E-state index in [4.69, 9.17) is 4.74 Å². The van der Waals surface area contributed by atoms with Crippen LogP contribution in [0.4, 0.5) is 9.18 Å². The smallest absolute Gasteiger partial charge is 0.416 e. The predicted molar refractivity (Wildman–Crippen MR) is 72.2 cm³/mol. The Hall–Kier alpha value is -2.24. The Labute approximate surface area is 121 Å². The molecule has 1 saturated heterocycles. The van der Waals surface area contributed by atoms with Gasteiger partial charge in [0.25, 0.3) is 0 Å². The molecule has 0 aliphatic carbocycles. The Morgan fingerprint density at radius 2 is 1.95 bits per heavy atom. The number of nitrogens with zero attached hydrogens (tertiary/aromatic N) is 1. The van der Waals surface area contributed by atoms with E-state index < -0.39 is 11.9 Å². The molecule has 0 radical (unpaired) electrons. The van der Waals surface area contributed by atoms with Crippen molar-refractivity contribution >= 4 is 17.8 Å². The van der Waals surface area contributed by atoms with Gasteiger partial charge in [-0.2, -0.15) is 0 Å². The summed E-state index contributed by atoms with van der Waals surface area (Å²) in [5, 5.41) is 0. The highest BCUT2D eigenvalue weighted by molar-refractivity contribution is 5.97. The number of benzene rings is 1. The molecule has 1 aliphatic rings. The molecule has 2 rings (SSSR count). The minimum absolute atomic E-state index is 0.106. The summed E-state index contributed by atoms with van der Waals surface area (Å²) in [7, 11) is 0. The summed E-state index contributed by atoms with van der Waals surface area (Å²) >= 11 is 0. The van der Waals surface area contributed by atoms with E-state index in [2.05, 4.69) is 0 Å². The number of halogens is 1. The molecule has 0 saturated carbocycles. The third kappa shape index (κ3) is 3.87. The molecular weight excluding hydrogens is 277 g/mol. The first-order valence-electron chi connectivity index (χ1n) is 6.77. The van der Waals surface area contributed by atoms with Gasteiger partial charge in [0.15, 0.2) is 5.78 Å². The van der Waals surface area contributed by atoms with Crippen LogP contribution in [0.3, 0.4) is 0 Å². The van der Waals surface area contributed by atoms with E-state index in [1.165, 1.54) is 24.3 Å². The summed E-state index contributed by atoms with van der Waals surface area (Å²) < 4.78 is 17.6. The molecule has 2 amide bonds. The molecule has 5 nitrogen and oxygen atoms in total. The number of ether oxygens (including phenoxy) is 1. The van der Waals surface area contributed by atoms with Crippen LogP contribution in [0.5, 0.6) is 0 Å². The fourth-order valence-corrected chi connectivity index (χ4v) is 2.12. The Bertz CT molecular complexity index is 555. The summed E-state index contributed by atoms with van der Waals surface area (Å²) in [6.07, 6.45) is -0.294. The molecule has 21 heavy (non-hydrogen) atoms. The second kappa shape index (κ2) is 6.47. The molecule has 0 bridgehead atoms. The zero-order valence-corrected chi connectivity index (χ0v) is 11.7. The topological polar surface area (TPSA) is 63.7 Å². The van der Waals surface area contributed by atoms with Gasteiger partial charge in [-0.05, 0) is 37.6 Å². The molecule has 1 aromatic rings. The molecule has 0 spiro atoms. The summed E-state index contributed by atoms with van der Waals surface area (Å²) in [6, 6.07) is 5.28. The highest BCUT2D eigenvalue weighted by Gasteiger charge is 2.32. The average molecular weight is 293 g/mol. The summed E-state index contributed by atoms with van der Waals surface area (Å²) in [5.41, 5.74) is 0.415. The molecule has 1 aromatic carbocycles. The van der Waals surface area contributed by atoms with Gasteiger partial charge >= 0.3 is 6.09 Å². The van der Waals surface area contributed by atoms with Gasteiger partial charge in [0.2, 0.25) is 5.91 Å². The minimum atomic E-state index is -0.627. The van der Waals surface area contributed by atoms with E-state index in [1.807, 2.05) is 0 Å². The molecule has 1 atom stereocenters. The van der Waals surface area contributed by atoms with Crippen LogP contribution in [-0.2, 0) is 9.53 Å². The maximum atomic E-state index is 12.7. The maximum absolute atomic E-state index is 12.7. The van der Waals surface area contributed by atoms with Gasteiger partial charge < -0.3 is 4.74 Å². The third-order valence-corrected chi connectivity index (χ3v) is 3.22. The van der Waals surface area contributed by atoms with Crippen molar-refractivity contribution in [2.24, 2.45) is 0 Å². The maximum Gasteiger partial charge on any atom is 0.416 e. The molecular formula is C15H16FNO4. The highest BCUT2D eigenvalue weighted by atomic mass is 19.1. The number of cyclic esters (lactones) is 1.